The number of fused-ring (bicyclic) bond motifs is 1. The molecule has 7 nitrogen and oxygen atoms in total. The van der Waals surface area contributed by atoms with E-state index in [4.69, 9.17) is 13.9 Å². The van der Waals surface area contributed by atoms with Gasteiger partial charge in [0.05, 0.1) is 6.42 Å². The fourth-order valence-electron chi connectivity index (χ4n) is 2.51. The molecule has 27 heavy (non-hydrogen) atoms. The molecule has 1 aromatic carbocycles. The molecule has 7 heteroatoms. The molecule has 0 fully saturated rings. The molecule has 1 heterocycles. The van der Waals surface area contributed by atoms with Crippen LogP contribution in [0, 0.1) is 0 Å². The zero-order valence-corrected chi connectivity index (χ0v) is 16.1. The Labute approximate surface area is 157 Å². The van der Waals surface area contributed by atoms with Gasteiger partial charge >= 0.3 is 17.7 Å². The van der Waals surface area contributed by atoms with Crippen molar-refractivity contribution in [1.82, 2.24) is 5.32 Å². The van der Waals surface area contributed by atoms with Gasteiger partial charge in [-0.25, -0.2) is 9.59 Å². The van der Waals surface area contributed by atoms with Gasteiger partial charge < -0.3 is 19.2 Å². The molecular formula is C20H25NO6. The minimum Gasteiger partial charge on any atom is -0.444 e. The van der Waals surface area contributed by atoms with Gasteiger partial charge in [-0.15, -0.1) is 0 Å². The van der Waals surface area contributed by atoms with Crippen LogP contribution in [0.5, 0.6) is 5.75 Å². The van der Waals surface area contributed by atoms with Gasteiger partial charge in [-0.05, 0) is 44.9 Å². The van der Waals surface area contributed by atoms with Crippen molar-refractivity contribution < 1.29 is 23.5 Å². The lowest BCUT2D eigenvalue weighted by molar-refractivity contribution is -0.134. The molecular weight excluding hydrogens is 350 g/mol. The summed E-state index contributed by atoms with van der Waals surface area (Å²) in [6.45, 7) is 7.39. The van der Waals surface area contributed by atoms with Gasteiger partial charge in [0.15, 0.2) is 0 Å². The summed E-state index contributed by atoms with van der Waals surface area (Å²) in [5, 5.41) is 3.31. The molecule has 1 aromatic heterocycles. The minimum absolute atomic E-state index is 0.0168. The first-order chi connectivity index (χ1) is 12.7. The van der Waals surface area contributed by atoms with Crippen LogP contribution in [-0.4, -0.2) is 24.2 Å². The lowest BCUT2D eigenvalue weighted by Crippen LogP contribution is -2.34. The molecule has 0 atom stereocenters. The highest BCUT2D eigenvalue weighted by atomic mass is 16.6. The Morgan fingerprint density at radius 1 is 1.19 bits per heavy atom. The largest absolute Gasteiger partial charge is 0.444 e. The van der Waals surface area contributed by atoms with E-state index in [1.54, 1.807) is 32.9 Å². The molecule has 0 aliphatic carbocycles. The van der Waals surface area contributed by atoms with Gasteiger partial charge in [0.2, 0.25) is 0 Å². The van der Waals surface area contributed by atoms with E-state index < -0.39 is 23.3 Å². The molecule has 0 aliphatic rings. The Kier molecular flexibility index (Phi) is 6.60. The number of nitrogens with one attached hydrogen (secondary N) is 1. The second kappa shape index (κ2) is 8.70. The summed E-state index contributed by atoms with van der Waals surface area (Å²) < 4.78 is 15.5. The molecule has 146 valence electrons. The maximum Gasteiger partial charge on any atom is 0.407 e. The number of rotatable bonds is 6. The number of carbonyl (C=O) groups is 2. The fraction of sp³-hybridized carbons (Fsp3) is 0.450. The molecule has 2 rings (SSSR count). The van der Waals surface area contributed by atoms with Crippen LogP contribution in [0.15, 0.2) is 33.5 Å². The van der Waals surface area contributed by atoms with Crippen LogP contribution in [0.2, 0.25) is 0 Å². The SMILES string of the molecule is CCCc1cc(=O)oc2cc(OC(=O)CCNC(=O)OC(C)(C)C)ccc12. The van der Waals surface area contributed by atoms with E-state index in [-0.39, 0.29) is 18.7 Å². The average molecular weight is 375 g/mol. The third-order valence-corrected chi connectivity index (χ3v) is 3.55. The number of alkyl carbamates (subject to hydrolysis) is 1. The van der Waals surface area contributed by atoms with E-state index in [1.807, 2.05) is 6.92 Å². The van der Waals surface area contributed by atoms with Gasteiger partial charge in [0.25, 0.3) is 0 Å². The first-order valence-corrected chi connectivity index (χ1v) is 8.92. The quantitative estimate of drug-likeness (QED) is 0.471. The van der Waals surface area contributed by atoms with Crippen molar-refractivity contribution in [3.8, 4) is 5.75 Å². The number of benzene rings is 1. The lowest BCUT2D eigenvalue weighted by atomic mass is 10.1. The summed E-state index contributed by atoms with van der Waals surface area (Å²) in [7, 11) is 0. The maximum absolute atomic E-state index is 11.9. The molecule has 0 radical (unpaired) electrons. The van der Waals surface area contributed by atoms with Crippen molar-refractivity contribution in [2.24, 2.45) is 0 Å². The first-order valence-electron chi connectivity index (χ1n) is 8.92. The normalized spacial score (nSPS) is 11.3. The van der Waals surface area contributed by atoms with Crippen molar-refractivity contribution in [3.63, 3.8) is 0 Å². The molecule has 0 spiro atoms. The van der Waals surface area contributed by atoms with Crippen LogP contribution in [0.3, 0.4) is 0 Å². The van der Waals surface area contributed by atoms with E-state index in [0.717, 1.165) is 23.8 Å². The van der Waals surface area contributed by atoms with Crippen LogP contribution < -0.4 is 15.7 Å². The van der Waals surface area contributed by atoms with E-state index in [2.05, 4.69) is 5.32 Å². The van der Waals surface area contributed by atoms with E-state index in [0.29, 0.717) is 5.58 Å². The minimum atomic E-state index is -0.601. The monoisotopic (exact) mass is 375 g/mol. The number of hydrogen-bond donors (Lipinski definition) is 1. The van der Waals surface area contributed by atoms with Crippen LogP contribution in [-0.2, 0) is 16.0 Å². The standard InChI is InChI=1S/C20H25NO6/c1-5-6-13-11-18(23)26-16-12-14(7-8-15(13)16)25-17(22)9-10-21-19(24)27-20(2,3)4/h7-8,11-12H,5-6,9-10H2,1-4H3,(H,21,24). The summed E-state index contributed by atoms with van der Waals surface area (Å²) >= 11 is 0. The summed E-state index contributed by atoms with van der Waals surface area (Å²) in [4.78, 5) is 35.2. The predicted molar refractivity (Wildman–Crippen MR) is 101 cm³/mol. The molecule has 0 saturated heterocycles. The van der Waals surface area contributed by atoms with Crippen molar-refractivity contribution >= 4 is 23.0 Å². The summed E-state index contributed by atoms with van der Waals surface area (Å²) in [6, 6.07) is 6.43. The van der Waals surface area contributed by atoms with Crippen LogP contribution in [0.25, 0.3) is 11.0 Å². The van der Waals surface area contributed by atoms with Gasteiger partial charge in [-0.2, -0.15) is 0 Å². The Hall–Kier alpha value is -2.83. The van der Waals surface area contributed by atoms with Crippen molar-refractivity contribution in [2.45, 2.75) is 52.6 Å². The van der Waals surface area contributed by atoms with Crippen LogP contribution in [0.1, 0.15) is 46.1 Å². The van der Waals surface area contributed by atoms with Crippen molar-refractivity contribution in [1.29, 1.82) is 0 Å². The zero-order chi connectivity index (χ0) is 20.0. The van der Waals surface area contributed by atoms with E-state index >= 15 is 0 Å². The zero-order valence-electron chi connectivity index (χ0n) is 16.1. The Morgan fingerprint density at radius 3 is 2.59 bits per heavy atom. The number of hydrogen-bond acceptors (Lipinski definition) is 6. The van der Waals surface area contributed by atoms with E-state index in [1.165, 1.54) is 12.1 Å². The molecule has 0 aliphatic heterocycles. The summed E-state index contributed by atoms with van der Waals surface area (Å²) in [6.07, 6.45) is 1.06. The molecule has 1 N–H and O–H groups in total. The van der Waals surface area contributed by atoms with Crippen molar-refractivity contribution in [3.05, 3.63) is 40.2 Å². The van der Waals surface area contributed by atoms with E-state index in [9.17, 15) is 14.4 Å². The Balaban J connectivity index is 1.97. The van der Waals surface area contributed by atoms with Crippen LogP contribution >= 0.6 is 0 Å². The Bertz CT molecular complexity index is 878. The summed E-state index contributed by atoms with van der Waals surface area (Å²) in [5.41, 5.74) is 0.248. The highest BCUT2D eigenvalue weighted by Crippen LogP contribution is 2.23. The predicted octanol–water partition coefficient (Wildman–Crippen LogP) is 3.57. The maximum atomic E-state index is 11.9. The summed E-state index contributed by atoms with van der Waals surface area (Å²) in [5.74, 6) is -0.237. The topological polar surface area (TPSA) is 94.8 Å². The smallest absolute Gasteiger partial charge is 0.407 e. The number of carbonyl (C=O) groups excluding carboxylic acids is 2. The van der Waals surface area contributed by atoms with Crippen molar-refractivity contribution in [2.75, 3.05) is 6.54 Å². The third-order valence-electron chi connectivity index (χ3n) is 3.55. The number of amides is 1. The van der Waals surface area contributed by atoms with Gasteiger partial charge in [-0.1, -0.05) is 13.3 Å². The highest BCUT2D eigenvalue weighted by molar-refractivity contribution is 5.83. The molecule has 1 amide bonds. The fourth-order valence-corrected chi connectivity index (χ4v) is 2.51. The number of ether oxygens (including phenoxy) is 2. The second-order valence-electron chi connectivity index (χ2n) is 7.15. The second-order valence-corrected chi connectivity index (χ2v) is 7.15. The van der Waals surface area contributed by atoms with Gasteiger partial charge in [0, 0.05) is 24.1 Å². The van der Waals surface area contributed by atoms with Crippen LogP contribution in [0.4, 0.5) is 4.79 Å². The molecule has 0 bridgehead atoms. The van der Waals surface area contributed by atoms with Gasteiger partial charge in [0.1, 0.15) is 16.9 Å². The van der Waals surface area contributed by atoms with Gasteiger partial charge in [-0.3, -0.25) is 4.79 Å². The highest BCUT2D eigenvalue weighted by Gasteiger charge is 2.16. The lowest BCUT2D eigenvalue weighted by Gasteiger charge is -2.19. The Morgan fingerprint density at radius 2 is 1.93 bits per heavy atom. The molecule has 0 saturated carbocycles. The first kappa shape index (κ1) is 20.5. The molecule has 0 unspecified atom stereocenters. The molecule has 2 aromatic rings. The number of aryl methyl sites for hydroxylation is 1. The average Bonchev–Trinajstić information content (AvgIpc) is 2.52. The third kappa shape index (κ3) is 6.44. The number of esters is 1.